The van der Waals surface area contributed by atoms with E-state index in [0.717, 1.165) is 12.8 Å². The lowest BCUT2D eigenvalue weighted by Gasteiger charge is -2.44. The maximum atomic E-state index is 13.3. The van der Waals surface area contributed by atoms with Crippen LogP contribution in [0.3, 0.4) is 0 Å². The van der Waals surface area contributed by atoms with Gasteiger partial charge in [0.1, 0.15) is 0 Å². The summed E-state index contributed by atoms with van der Waals surface area (Å²) in [5.74, 6) is 1.13. The highest BCUT2D eigenvalue weighted by Gasteiger charge is 2.75. The molecule has 2 bridgehead atoms. The number of fused-ring (bicyclic) bond motifs is 4. The largest absolute Gasteiger partial charge is 0.369 e. The van der Waals surface area contributed by atoms with Gasteiger partial charge in [-0.1, -0.05) is 51.5 Å². The lowest BCUT2D eigenvalue weighted by atomic mass is 9.57. The number of carbonyl (C=O) groups excluding carboxylic acids is 1. The molecule has 1 aromatic rings. The maximum absolute atomic E-state index is 13.3. The summed E-state index contributed by atoms with van der Waals surface area (Å²) in [6.07, 6.45) is 10.6. The van der Waals surface area contributed by atoms with Gasteiger partial charge < -0.3 is 5.73 Å². The zero-order chi connectivity index (χ0) is 19.2. The van der Waals surface area contributed by atoms with Crippen molar-refractivity contribution in [2.75, 3.05) is 0 Å². The molecule has 4 aliphatic rings. The Labute approximate surface area is 163 Å². The Morgan fingerprint density at radius 1 is 1.19 bits per heavy atom. The molecule has 3 saturated carbocycles. The van der Waals surface area contributed by atoms with Gasteiger partial charge >= 0.3 is 0 Å². The molecule has 3 unspecified atom stereocenters. The highest BCUT2D eigenvalue weighted by molar-refractivity contribution is 5.91. The van der Waals surface area contributed by atoms with Crippen LogP contribution in [-0.4, -0.2) is 5.91 Å². The number of hydrogen-bond donors (Lipinski definition) is 1. The minimum atomic E-state index is -0.418. The molecule has 4 aliphatic carbocycles. The van der Waals surface area contributed by atoms with E-state index in [-0.39, 0.29) is 16.7 Å². The zero-order valence-corrected chi connectivity index (χ0v) is 17.3. The fraction of sp³-hybridized carbons (Fsp3) is 0.640. The van der Waals surface area contributed by atoms with Gasteiger partial charge in [0, 0.05) is 0 Å². The van der Waals surface area contributed by atoms with E-state index in [1.807, 2.05) is 0 Å². The second kappa shape index (κ2) is 5.27. The Bertz CT molecular complexity index is 867. The second-order valence-corrected chi connectivity index (χ2v) is 10.7. The van der Waals surface area contributed by atoms with E-state index in [1.165, 1.54) is 59.9 Å². The van der Waals surface area contributed by atoms with Gasteiger partial charge in [0.15, 0.2) is 0 Å². The number of allylic oxidation sites excluding steroid dienone is 1. The van der Waals surface area contributed by atoms with Crippen molar-refractivity contribution in [2.45, 2.75) is 83.5 Å². The van der Waals surface area contributed by atoms with E-state index in [0.29, 0.717) is 11.8 Å². The molecule has 0 aliphatic heterocycles. The summed E-state index contributed by atoms with van der Waals surface area (Å²) in [5.41, 5.74) is 13.1. The lowest BCUT2D eigenvalue weighted by Crippen LogP contribution is -2.53. The summed E-state index contributed by atoms with van der Waals surface area (Å²) in [5, 5.41) is 0. The van der Waals surface area contributed by atoms with Crippen LogP contribution in [0.5, 0.6) is 0 Å². The first-order valence-electron chi connectivity index (χ1n) is 10.9. The maximum Gasteiger partial charge on any atom is 0.228 e. The molecule has 3 fully saturated rings. The van der Waals surface area contributed by atoms with Gasteiger partial charge in [0.2, 0.25) is 5.91 Å². The summed E-state index contributed by atoms with van der Waals surface area (Å²) in [4.78, 5) is 13.3. The SMILES string of the molecule is CCC1=Cc2cc(C(C)(C)C)cc(C3(C(N)=O)C4CCC(C4)C34CC4)c2C1. The molecule has 1 amide bonds. The third-order valence-electron chi connectivity index (χ3n) is 8.58. The van der Waals surface area contributed by atoms with Crippen LogP contribution in [0.2, 0.25) is 0 Å². The number of amides is 1. The van der Waals surface area contributed by atoms with Gasteiger partial charge in [-0.3, -0.25) is 4.79 Å². The zero-order valence-electron chi connectivity index (χ0n) is 17.3. The van der Waals surface area contributed by atoms with Crippen LogP contribution >= 0.6 is 0 Å². The second-order valence-electron chi connectivity index (χ2n) is 10.7. The first-order chi connectivity index (χ1) is 12.7. The molecule has 3 atom stereocenters. The number of hydrogen-bond acceptors (Lipinski definition) is 1. The number of carbonyl (C=O) groups is 1. The molecule has 0 aromatic heterocycles. The third kappa shape index (κ3) is 2.05. The van der Waals surface area contributed by atoms with Crippen molar-refractivity contribution in [3.05, 3.63) is 40.0 Å². The normalized spacial score (nSPS) is 32.7. The summed E-state index contributed by atoms with van der Waals surface area (Å²) >= 11 is 0. The van der Waals surface area contributed by atoms with Crippen molar-refractivity contribution in [3.63, 3.8) is 0 Å². The van der Waals surface area contributed by atoms with Gasteiger partial charge in [-0.25, -0.2) is 0 Å². The van der Waals surface area contributed by atoms with E-state index in [2.05, 4.69) is 45.9 Å². The fourth-order valence-electron chi connectivity index (χ4n) is 7.14. The van der Waals surface area contributed by atoms with Crippen LogP contribution in [0.1, 0.15) is 88.5 Å². The van der Waals surface area contributed by atoms with Crippen LogP contribution in [-0.2, 0) is 22.0 Å². The molecular formula is C25H33NO. The summed E-state index contributed by atoms with van der Waals surface area (Å²) in [6.45, 7) is 9.08. The molecule has 5 rings (SSSR count). The van der Waals surface area contributed by atoms with Gasteiger partial charge in [-0.05, 0) is 89.9 Å². The average Bonchev–Trinajstić information content (AvgIpc) is 2.99. The average molecular weight is 364 g/mol. The van der Waals surface area contributed by atoms with E-state index in [1.54, 1.807) is 0 Å². The Kier molecular flexibility index (Phi) is 3.42. The Balaban J connectivity index is 1.79. The van der Waals surface area contributed by atoms with Crippen LogP contribution < -0.4 is 5.73 Å². The molecule has 1 spiro atoms. The molecule has 2 nitrogen and oxygen atoms in total. The van der Waals surface area contributed by atoms with Gasteiger partial charge in [0.25, 0.3) is 0 Å². The highest BCUT2D eigenvalue weighted by atomic mass is 16.1. The predicted octanol–water partition coefficient (Wildman–Crippen LogP) is 5.27. The fourth-order valence-corrected chi connectivity index (χ4v) is 7.14. The monoisotopic (exact) mass is 363 g/mol. The molecule has 2 N–H and O–H groups in total. The van der Waals surface area contributed by atoms with Crippen LogP contribution in [0.25, 0.3) is 6.08 Å². The van der Waals surface area contributed by atoms with Gasteiger partial charge in [-0.2, -0.15) is 0 Å². The van der Waals surface area contributed by atoms with Crippen molar-refractivity contribution in [1.29, 1.82) is 0 Å². The number of primary amides is 1. The van der Waals surface area contributed by atoms with Crippen molar-refractivity contribution in [3.8, 4) is 0 Å². The minimum Gasteiger partial charge on any atom is -0.369 e. The topological polar surface area (TPSA) is 43.1 Å². The number of rotatable bonds is 3. The standard InChI is InChI=1S/C25H33NO/c1-5-15-10-16-12-19(23(2,3)4)14-21(20(16)11-15)25(22(26)27)18-7-6-17(13-18)24(25)8-9-24/h10,12,14,17-18H,5-9,11,13H2,1-4H3,(H2,26,27). The Hall–Kier alpha value is -1.57. The minimum absolute atomic E-state index is 0.0367. The quantitative estimate of drug-likeness (QED) is 0.781. The Morgan fingerprint density at radius 3 is 2.48 bits per heavy atom. The summed E-state index contributed by atoms with van der Waals surface area (Å²) < 4.78 is 0. The van der Waals surface area contributed by atoms with Crippen LogP contribution in [0, 0.1) is 17.3 Å². The molecular weight excluding hydrogens is 330 g/mol. The van der Waals surface area contributed by atoms with Crippen molar-refractivity contribution >= 4 is 12.0 Å². The number of nitrogens with two attached hydrogens (primary N) is 1. The number of benzene rings is 1. The van der Waals surface area contributed by atoms with Gasteiger partial charge in [0.05, 0.1) is 5.41 Å². The van der Waals surface area contributed by atoms with E-state index >= 15 is 0 Å². The molecule has 2 heteroatoms. The van der Waals surface area contributed by atoms with E-state index < -0.39 is 5.41 Å². The van der Waals surface area contributed by atoms with Gasteiger partial charge in [-0.15, -0.1) is 0 Å². The summed E-state index contributed by atoms with van der Waals surface area (Å²) in [7, 11) is 0. The van der Waals surface area contributed by atoms with Crippen molar-refractivity contribution in [1.82, 2.24) is 0 Å². The van der Waals surface area contributed by atoms with Crippen molar-refractivity contribution in [2.24, 2.45) is 23.0 Å². The van der Waals surface area contributed by atoms with E-state index in [4.69, 9.17) is 5.73 Å². The predicted molar refractivity (Wildman–Crippen MR) is 110 cm³/mol. The summed E-state index contributed by atoms with van der Waals surface area (Å²) in [6, 6.07) is 4.78. The first kappa shape index (κ1) is 17.5. The van der Waals surface area contributed by atoms with Crippen molar-refractivity contribution < 1.29 is 4.79 Å². The Morgan fingerprint density at radius 2 is 1.89 bits per heavy atom. The lowest BCUT2D eigenvalue weighted by molar-refractivity contribution is -0.128. The third-order valence-corrected chi connectivity index (χ3v) is 8.58. The van der Waals surface area contributed by atoms with Crippen LogP contribution in [0.15, 0.2) is 17.7 Å². The molecule has 0 radical (unpaired) electrons. The van der Waals surface area contributed by atoms with Crippen LogP contribution in [0.4, 0.5) is 0 Å². The molecule has 0 heterocycles. The smallest absolute Gasteiger partial charge is 0.228 e. The first-order valence-corrected chi connectivity index (χ1v) is 10.9. The van der Waals surface area contributed by atoms with E-state index in [9.17, 15) is 4.79 Å². The molecule has 1 aromatic carbocycles. The highest BCUT2D eigenvalue weighted by Crippen LogP contribution is 2.77. The molecule has 0 saturated heterocycles. The molecule has 144 valence electrons. The molecule has 27 heavy (non-hydrogen) atoms.